The molecule has 0 aromatic carbocycles. The van der Waals surface area contributed by atoms with Crippen LogP contribution in [0.5, 0.6) is 0 Å². The Hall–Kier alpha value is -1.04. The molecule has 1 aliphatic carbocycles. The fraction of sp³-hybridized carbons (Fsp3) is 0.818. The molecule has 1 saturated carbocycles. The predicted molar refractivity (Wildman–Crippen MR) is 54.3 cm³/mol. The molecule has 0 atom stereocenters. The largest absolute Gasteiger partial charge is 0.355 e. The third-order valence-corrected chi connectivity index (χ3v) is 3.82. The molecule has 0 unspecified atom stereocenters. The molecule has 0 aromatic rings. The molecule has 0 radical (unpaired) electrons. The van der Waals surface area contributed by atoms with Crippen LogP contribution >= 0.6 is 0 Å². The minimum Gasteiger partial charge on any atom is -0.355 e. The lowest BCUT2D eigenvalue weighted by molar-refractivity contribution is -0.123. The molecule has 0 saturated heterocycles. The smallest absolute Gasteiger partial charge is 0.224 e. The van der Waals surface area contributed by atoms with Gasteiger partial charge in [-0.05, 0) is 10.8 Å². The standard InChI is InChI=1S/C11H18N2O/c1-10(2)8(11(10,3)4)9(14)13-7-5-6-12/h8H,5,7H2,1-4H3,(H,13,14). The number of nitrogens with one attached hydrogen (secondary N) is 1. The van der Waals surface area contributed by atoms with Crippen molar-refractivity contribution in [2.45, 2.75) is 34.1 Å². The van der Waals surface area contributed by atoms with E-state index in [9.17, 15) is 4.79 Å². The molecule has 0 aliphatic heterocycles. The molecule has 78 valence electrons. The molecule has 0 bridgehead atoms. The van der Waals surface area contributed by atoms with Gasteiger partial charge in [-0.2, -0.15) is 5.26 Å². The first kappa shape index (κ1) is 11.0. The van der Waals surface area contributed by atoms with Crippen molar-refractivity contribution >= 4 is 5.91 Å². The summed E-state index contributed by atoms with van der Waals surface area (Å²) in [5, 5.41) is 11.1. The fourth-order valence-corrected chi connectivity index (χ4v) is 2.20. The molecule has 1 N–H and O–H groups in total. The van der Waals surface area contributed by atoms with Crippen molar-refractivity contribution in [3.05, 3.63) is 0 Å². The first-order chi connectivity index (χ1) is 6.35. The maximum atomic E-state index is 11.7. The zero-order valence-corrected chi connectivity index (χ0v) is 9.35. The highest BCUT2D eigenvalue weighted by Crippen LogP contribution is 2.68. The van der Waals surface area contributed by atoms with Crippen LogP contribution in [0.1, 0.15) is 34.1 Å². The van der Waals surface area contributed by atoms with Gasteiger partial charge in [0.05, 0.1) is 12.5 Å². The second-order valence-corrected chi connectivity index (χ2v) is 5.08. The molecular weight excluding hydrogens is 176 g/mol. The number of rotatable bonds is 3. The maximum absolute atomic E-state index is 11.7. The van der Waals surface area contributed by atoms with Gasteiger partial charge in [0.25, 0.3) is 0 Å². The van der Waals surface area contributed by atoms with Crippen molar-refractivity contribution in [3.8, 4) is 6.07 Å². The Morgan fingerprint density at radius 3 is 2.21 bits per heavy atom. The minimum atomic E-state index is 0.0870. The van der Waals surface area contributed by atoms with Gasteiger partial charge in [-0.25, -0.2) is 0 Å². The van der Waals surface area contributed by atoms with Crippen molar-refractivity contribution in [2.75, 3.05) is 6.54 Å². The van der Waals surface area contributed by atoms with Gasteiger partial charge in [-0.15, -0.1) is 0 Å². The predicted octanol–water partition coefficient (Wildman–Crippen LogP) is 1.70. The lowest BCUT2D eigenvalue weighted by atomic mass is 10.0. The number of carbonyl (C=O) groups is 1. The highest BCUT2D eigenvalue weighted by Gasteiger charge is 2.68. The van der Waals surface area contributed by atoms with Crippen LogP contribution in [-0.4, -0.2) is 12.5 Å². The number of amides is 1. The summed E-state index contributed by atoms with van der Waals surface area (Å²) in [4.78, 5) is 11.7. The summed E-state index contributed by atoms with van der Waals surface area (Å²) < 4.78 is 0. The van der Waals surface area contributed by atoms with Gasteiger partial charge in [0.2, 0.25) is 5.91 Å². The van der Waals surface area contributed by atoms with Crippen molar-refractivity contribution < 1.29 is 4.79 Å². The van der Waals surface area contributed by atoms with E-state index in [0.717, 1.165) is 0 Å². The second kappa shape index (κ2) is 3.27. The SMILES string of the molecule is CC1(C)C(C(=O)NCCC#N)C1(C)C. The third kappa shape index (κ3) is 1.50. The molecule has 3 nitrogen and oxygen atoms in total. The Morgan fingerprint density at radius 1 is 1.36 bits per heavy atom. The van der Waals surface area contributed by atoms with Gasteiger partial charge in [0.15, 0.2) is 0 Å². The van der Waals surface area contributed by atoms with E-state index in [2.05, 4.69) is 33.0 Å². The highest BCUT2D eigenvalue weighted by molar-refractivity contribution is 5.84. The molecular formula is C11H18N2O. The molecule has 0 heterocycles. The van der Waals surface area contributed by atoms with E-state index in [1.165, 1.54) is 0 Å². The number of hydrogen-bond donors (Lipinski definition) is 1. The summed E-state index contributed by atoms with van der Waals surface area (Å²) in [6.45, 7) is 8.92. The van der Waals surface area contributed by atoms with Crippen LogP contribution in [0.25, 0.3) is 0 Å². The molecule has 1 aliphatic rings. The molecule has 3 heteroatoms. The Labute approximate surface area is 85.5 Å². The van der Waals surface area contributed by atoms with Gasteiger partial charge >= 0.3 is 0 Å². The Balaban J connectivity index is 2.46. The van der Waals surface area contributed by atoms with E-state index in [4.69, 9.17) is 5.26 Å². The van der Waals surface area contributed by atoms with Gasteiger partial charge < -0.3 is 5.32 Å². The average Bonchev–Trinajstić information content (AvgIpc) is 2.43. The zero-order chi connectivity index (χ0) is 11.0. The quantitative estimate of drug-likeness (QED) is 0.695. The van der Waals surface area contributed by atoms with Crippen LogP contribution in [-0.2, 0) is 4.79 Å². The normalized spacial score (nSPS) is 22.5. The van der Waals surface area contributed by atoms with E-state index in [1.807, 2.05) is 6.07 Å². The van der Waals surface area contributed by atoms with Crippen molar-refractivity contribution in [1.29, 1.82) is 5.26 Å². The topological polar surface area (TPSA) is 52.9 Å². The van der Waals surface area contributed by atoms with Gasteiger partial charge in [-0.3, -0.25) is 4.79 Å². The van der Waals surface area contributed by atoms with E-state index in [-0.39, 0.29) is 22.7 Å². The first-order valence-electron chi connectivity index (χ1n) is 5.00. The third-order valence-electron chi connectivity index (χ3n) is 3.82. The summed E-state index contributed by atoms with van der Waals surface area (Å²) >= 11 is 0. The van der Waals surface area contributed by atoms with E-state index >= 15 is 0 Å². The Kier molecular flexibility index (Phi) is 2.58. The maximum Gasteiger partial charge on any atom is 0.224 e. The number of carbonyl (C=O) groups excluding carboxylic acids is 1. The molecule has 1 amide bonds. The number of nitriles is 1. The summed E-state index contributed by atoms with van der Waals surface area (Å²) in [6, 6.07) is 2.01. The number of nitrogens with zero attached hydrogens (tertiary/aromatic N) is 1. The molecule has 0 spiro atoms. The fourth-order valence-electron chi connectivity index (χ4n) is 2.20. The lowest BCUT2D eigenvalue weighted by Gasteiger charge is -2.03. The summed E-state index contributed by atoms with van der Waals surface area (Å²) in [5.41, 5.74) is 0.174. The van der Waals surface area contributed by atoms with Crippen LogP contribution in [0.3, 0.4) is 0 Å². The molecule has 14 heavy (non-hydrogen) atoms. The van der Waals surface area contributed by atoms with E-state index < -0.39 is 0 Å². The Bertz CT molecular complexity index is 272. The molecule has 1 fully saturated rings. The van der Waals surface area contributed by atoms with Gasteiger partial charge in [0, 0.05) is 12.5 Å². The van der Waals surface area contributed by atoms with E-state index in [0.29, 0.717) is 13.0 Å². The summed E-state index contributed by atoms with van der Waals surface area (Å²) in [6.07, 6.45) is 0.388. The number of hydrogen-bond acceptors (Lipinski definition) is 2. The van der Waals surface area contributed by atoms with Gasteiger partial charge in [0.1, 0.15) is 0 Å². The zero-order valence-electron chi connectivity index (χ0n) is 9.35. The monoisotopic (exact) mass is 194 g/mol. The first-order valence-corrected chi connectivity index (χ1v) is 5.00. The average molecular weight is 194 g/mol. The Morgan fingerprint density at radius 2 is 1.86 bits per heavy atom. The van der Waals surface area contributed by atoms with Crippen LogP contribution in [0.15, 0.2) is 0 Å². The minimum absolute atomic E-state index is 0.0870. The van der Waals surface area contributed by atoms with Crippen molar-refractivity contribution in [1.82, 2.24) is 5.32 Å². The lowest BCUT2D eigenvalue weighted by Crippen LogP contribution is -2.28. The molecule has 0 aromatic heterocycles. The molecule has 1 rings (SSSR count). The van der Waals surface area contributed by atoms with Crippen LogP contribution in [0, 0.1) is 28.1 Å². The van der Waals surface area contributed by atoms with Crippen LogP contribution < -0.4 is 5.32 Å². The van der Waals surface area contributed by atoms with E-state index in [1.54, 1.807) is 0 Å². The van der Waals surface area contributed by atoms with Crippen LogP contribution in [0.4, 0.5) is 0 Å². The summed E-state index contributed by atoms with van der Waals surface area (Å²) in [7, 11) is 0. The van der Waals surface area contributed by atoms with Gasteiger partial charge in [-0.1, -0.05) is 27.7 Å². The second-order valence-electron chi connectivity index (χ2n) is 5.08. The summed E-state index contributed by atoms with van der Waals surface area (Å²) in [5.74, 6) is 0.184. The van der Waals surface area contributed by atoms with Crippen LogP contribution in [0.2, 0.25) is 0 Å². The highest BCUT2D eigenvalue weighted by atomic mass is 16.2. The van der Waals surface area contributed by atoms with Crippen molar-refractivity contribution in [3.63, 3.8) is 0 Å². The van der Waals surface area contributed by atoms with Crippen molar-refractivity contribution in [2.24, 2.45) is 16.7 Å².